The van der Waals surface area contributed by atoms with E-state index in [1.165, 1.54) is 0 Å². The van der Waals surface area contributed by atoms with Gasteiger partial charge in [0.05, 0.1) is 0 Å². The van der Waals surface area contributed by atoms with Crippen molar-refractivity contribution in [1.29, 1.82) is 1.34 Å². The average Bonchev–Trinajstić information content (AvgIpc) is 0.811. The molecule has 0 aromatic carbocycles. The summed E-state index contributed by atoms with van der Waals surface area (Å²) in [6.45, 7) is 3.67. The van der Waals surface area contributed by atoms with Gasteiger partial charge in [0.25, 0.3) is 0 Å². The largest absolute Gasteiger partial charge is 0.153 e. The van der Waals surface area contributed by atoms with Gasteiger partial charge in [0, 0.05) is 32.7 Å². The molecule has 0 nitrogen and oxygen atoms in total. The fourth-order valence-corrected chi connectivity index (χ4v) is 0. The fourth-order valence-electron chi connectivity index (χ4n) is 0. The molecular formula is C3H14BPY. The van der Waals surface area contributed by atoms with Crippen molar-refractivity contribution in [2.24, 2.45) is 0 Å². The van der Waals surface area contributed by atoms with Crippen LogP contribution < -0.4 is 0 Å². The summed E-state index contributed by atoms with van der Waals surface area (Å²) >= 11 is 0. The Hall–Kier alpha value is 1.60. The Morgan fingerprint density at radius 2 is 1.50 bits per heavy atom. The molecule has 6 heavy (non-hydrogen) atoms. The Morgan fingerprint density at radius 3 is 1.50 bits per heavy atom. The van der Waals surface area contributed by atoms with Crippen LogP contribution in [0.4, 0.5) is 0 Å². The van der Waals surface area contributed by atoms with Crippen molar-refractivity contribution in [3.8, 4) is 0 Å². The molecule has 0 spiro atoms. The topological polar surface area (TPSA) is 0 Å². The molecule has 0 saturated heterocycles. The molecule has 0 aliphatic heterocycles. The minimum Gasteiger partial charge on any atom is -0.153 e. The molecule has 37 valence electrons. The molecule has 0 bridgehead atoms. The first-order chi connectivity index (χ1) is 1.73. The van der Waals surface area contributed by atoms with Gasteiger partial charge in [-0.3, -0.25) is 0 Å². The molecule has 0 aromatic heterocycles. The first kappa shape index (κ1) is 15.6. The van der Waals surface area contributed by atoms with Crippen LogP contribution in [0.2, 0.25) is 13.6 Å². The molecule has 0 aliphatic carbocycles. The third-order valence-corrected chi connectivity index (χ3v) is 0. The summed E-state index contributed by atoms with van der Waals surface area (Å²) in [5, 5.41) is 0. The molecule has 0 aromatic rings. The molecule has 0 aliphatic rings. The van der Waals surface area contributed by atoms with E-state index in [4.69, 9.17) is 1.34 Å². The van der Waals surface area contributed by atoms with E-state index in [2.05, 4.69) is 0 Å². The standard InChI is InChI=1S/C2H7B.CH4.H3P.Y/c1-3-2;;;/h3H,1-2H3;1H4;1H3;/i3D;;;. The molecule has 1 atom stereocenters. The first-order valence-electron chi connectivity index (χ1n) is 1.73. The summed E-state index contributed by atoms with van der Waals surface area (Å²) in [6.07, 6.45) is 0. The van der Waals surface area contributed by atoms with Crippen LogP contribution in [0.3, 0.4) is 0 Å². The van der Waals surface area contributed by atoms with E-state index in [1.807, 2.05) is 13.6 Å². The van der Waals surface area contributed by atoms with Gasteiger partial charge in [0.2, 0.25) is 0 Å². The smallest absolute Gasteiger partial charge is 0.114 e. The van der Waals surface area contributed by atoms with E-state index < -0.39 is 0 Å². The van der Waals surface area contributed by atoms with Crippen LogP contribution in [-0.4, -0.2) is 8.58 Å². The van der Waals surface area contributed by atoms with Crippen molar-refractivity contribution in [1.82, 2.24) is 0 Å². The Morgan fingerprint density at radius 1 is 1.50 bits per heavy atom. The zero-order valence-corrected chi connectivity index (χ0v) is 8.11. The maximum atomic E-state index is 6.58. The third kappa shape index (κ3) is 46.3. The van der Waals surface area contributed by atoms with Crippen LogP contribution >= 0.6 is 9.90 Å². The van der Waals surface area contributed by atoms with Crippen LogP contribution in [0.15, 0.2) is 0 Å². The summed E-state index contributed by atoms with van der Waals surface area (Å²) in [5.41, 5.74) is 0. The van der Waals surface area contributed by atoms with Gasteiger partial charge in [-0.15, -0.1) is 0 Å². The number of hydrogen-bond donors (Lipinski definition) is 0. The zero-order valence-electron chi connectivity index (χ0n) is 4.86. The minimum absolute atomic E-state index is 0. The number of rotatable bonds is 0. The van der Waals surface area contributed by atoms with Crippen molar-refractivity contribution in [2.75, 3.05) is 0 Å². The van der Waals surface area contributed by atoms with E-state index in [0.717, 1.165) is 0 Å². The molecule has 3 heteroatoms. The van der Waals surface area contributed by atoms with Crippen LogP contribution in [0.25, 0.3) is 0 Å². The quantitative estimate of drug-likeness (QED) is 0.390. The van der Waals surface area contributed by atoms with Gasteiger partial charge in [0.1, 0.15) is 7.24 Å². The van der Waals surface area contributed by atoms with Gasteiger partial charge in [-0.05, 0) is 1.34 Å². The predicted molar refractivity (Wildman–Crippen MR) is 36.7 cm³/mol. The van der Waals surface area contributed by atoms with E-state index in [9.17, 15) is 0 Å². The number of hydrogen-bond acceptors (Lipinski definition) is 0. The zero-order chi connectivity index (χ0) is 3.58. The summed E-state index contributed by atoms with van der Waals surface area (Å²) < 4.78 is 6.58. The van der Waals surface area contributed by atoms with Crippen molar-refractivity contribution in [2.45, 2.75) is 21.1 Å². The van der Waals surface area contributed by atoms with E-state index >= 15 is 0 Å². The molecule has 0 heterocycles. The molecule has 1 unspecified atom stereocenters. The van der Waals surface area contributed by atoms with Crippen LogP contribution in [0.1, 0.15) is 7.43 Å². The predicted octanol–water partition coefficient (Wildman–Crippen LogP) is 1.21. The second-order valence-corrected chi connectivity index (χ2v) is 0.577. The van der Waals surface area contributed by atoms with Gasteiger partial charge in [-0.25, -0.2) is 0 Å². The Kier molecular flexibility index (Phi) is 79.9. The molecule has 0 saturated carbocycles. The van der Waals surface area contributed by atoms with Crippen LogP contribution in [0.5, 0.6) is 0 Å². The van der Waals surface area contributed by atoms with Gasteiger partial charge in [-0.1, -0.05) is 21.1 Å². The summed E-state index contributed by atoms with van der Waals surface area (Å²) in [4.78, 5) is 0. The van der Waals surface area contributed by atoms with Crippen molar-refractivity contribution < 1.29 is 32.7 Å². The Bertz CT molecular complexity index is 19.7. The molecule has 0 amide bonds. The Labute approximate surface area is 72.0 Å². The second-order valence-electron chi connectivity index (χ2n) is 0.577. The minimum atomic E-state index is 0. The van der Waals surface area contributed by atoms with Crippen molar-refractivity contribution in [3.63, 3.8) is 0 Å². The molecule has 0 fully saturated rings. The van der Waals surface area contributed by atoms with E-state index in [0.29, 0.717) is 0 Å². The van der Waals surface area contributed by atoms with Crippen LogP contribution in [0, 0.1) is 0 Å². The van der Waals surface area contributed by atoms with Gasteiger partial charge in [-0.2, -0.15) is 9.90 Å². The van der Waals surface area contributed by atoms with E-state index in [1.54, 1.807) is 0 Å². The summed E-state index contributed by atoms with van der Waals surface area (Å²) in [5.74, 6) is 0. The van der Waals surface area contributed by atoms with E-state index in [-0.39, 0.29) is 57.3 Å². The van der Waals surface area contributed by atoms with Crippen LogP contribution in [-0.2, 0) is 32.7 Å². The van der Waals surface area contributed by atoms with Crippen molar-refractivity contribution >= 4 is 17.1 Å². The normalized spacial score (nSPS) is 4.67. The fraction of sp³-hybridized carbons (Fsp3) is 1.00. The second kappa shape index (κ2) is 30.6. The maximum absolute atomic E-state index is 6.58. The average molecular weight is 182 g/mol. The maximum Gasteiger partial charge on any atom is 0.114 e. The third-order valence-electron chi connectivity index (χ3n) is 0. The first-order valence-corrected chi connectivity index (χ1v) is 1.15. The van der Waals surface area contributed by atoms with Gasteiger partial charge < -0.3 is 0 Å². The molecule has 0 rings (SSSR count). The van der Waals surface area contributed by atoms with Gasteiger partial charge in [0.15, 0.2) is 0 Å². The van der Waals surface area contributed by atoms with Crippen molar-refractivity contribution in [3.05, 3.63) is 0 Å². The molecule has 1 radical (unpaired) electrons. The Balaban J connectivity index is -0.0000000150. The molecular weight excluding hydrogens is 167 g/mol. The summed E-state index contributed by atoms with van der Waals surface area (Å²) in [7, 11) is 0.0833. The molecule has 0 N–H and O–H groups in total. The summed E-state index contributed by atoms with van der Waals surface area (Å²) in [6, 6.07) is 0. The monoisotopic (exact) mass is 182 g/mol. The SMILES string of the molecule is C.P.[2H]B(C)C.[Y]. The van der Waals surface area contributed by atoms with Gasteiger partial charge >= 0.3 is 0 Å².